The van der Waals surface area contributed by atoms with Crippen molar-refractivity contribution in [3.05, 3.63) is 58.1 Å². The lowest BCUT2D eigenvalue weighted by Crippen LogP contribution is -1.98. The molecule has 0 saturated carbocycles. The van der Waals surface area contributed by atoms with E-state index in [4.69, 9.17) is 14.2 Å². The molecule has 27 heavy (non-hydrogen) atoms. The van der Waals surface area contributed by atoms with Crippen LogP contribution in [0.25, 0.3) is 21.9 Å². The summed E-state index contributed by atoms with van der Waals surface area (Å²) in [5, 5.41) is 12.9. The maximum atomic E-state index is 11.9. The summed E-state index contributed by atoms with van der Waals surface area (Å²) in [6.45, 7) is 0. The van der Waals surface area contributed by atoms with Gasteiger partial charge in [0.15, 0.2) is 17.8 Å². The summed E-state index contributed by atoms with van der Waals surface area (Å²) in [5.41, 5.74) is 0.984. The van der Waals surface area contributed by atoms with Gasteiger partial charge in [0.2, 0.25) is 0 Å². The monoisotopic (exact) mass is 367 g/mol. The number of carbonyl (C=O) groups excluding carboxylic acids is 1. The fourth-order valence-electron chi connectivity index (χ4n) is 3.05. The third-order valence-corrected chi connectivity index (χ3v) is 4.38. The number of fused-ring (bicyclic) bond motifs is 1. The van der Waals surface area contributed by atoms with Crippen LogP contribution in [0.3, 0.4) is 0 Å². The zero-order valence-electron chi connectivity index (χ0n) is 15.0. The summed E-state index contributed by atoms with van der Waals surface area (Å²) in [6, 6.07) is 11.5. The van der Waals surface area contributed by atoms with Gasteiger partial charge in [0.1, 0.15) is 5.75 Å². The summed E-state index contributed by atoms with van der Waals surface area (Å²) < 4.78 is 15.7. The van der Waals surface area contributed by atoms with Crippen molar-refractivity contribution in [1.82, 2.24) is 0 Å². The second-order valence-electron chi connectivity index (χ2n) is 5.71. The quantitative estimate of drug-likeness (QED) is 0.368. The lowest BCUT2D eigenvalue weighted by atomic mass is 9.93. The molecule has 7 nitrogen and oxygen atoms in total. The Morgan fingerprint density at radius 3 is 2.15 bits per heavy atom. The normalized spacial score (nSPS) is 10.5. The highest BCUT2D eigenvalue weighted by molar-refractivity contribution is 6.06. The van der Waals surface area contributed by atoms with Crippen LogP contribution in [-0.4, -0.2) is 32.5 Å². The SMILES string of the molecule is COc1ccc(-c2ccc3cc(OC)c(OC)cc3c2C=O)c([N+](=O)[O-])c1. The Kier molecular flexibility index (Phi) is 4.94. The zero-order chi connectivity index (χ0) is 19.6. The number of rotatable bonds is 6. The summed E-state index contributed by atoms with van der Waals surface area (Å²) in [7, 11) is 4.47. The molecule has 0 N–H and O–H groups in total. The van der Waals surface area contributed by atoms with Gasteiger partial charge in [-0.3, -0.25) is 14.9 Å². The largest absolute Gasteiger partial charge is 0.497 e. The molecule has 0 fully saturated rings. The molecule has 0 aliphatic rings. The summed E-state index contributed by atoms with van der Waals surface area (Å²) in [4.78, 5) is 22.9. The molecule has 3 aromatic rings. The molecule has 0 radical (unpaired) electrons. The second-order valence-corrected chi connectivity index (χ2v) is 5.71. The van der Waals surface area contributed by atoms with E-state index in [1.54, 1.807) is 36.4 Å². The Labute approximate surface area is 155 Å². The van der Waals surface area contributed by atoms with Crippen LogP contribution >= 0.6 is 0 Å². The number of aldehydes is 1. The van der Waals surface area contributed by atoms with Crippen LogP contribution in [0.5, 0.6) is 17.2 Å². The lowest BCUT2D eigenvalue weighted by molar-refractivity contribution is -0.384. The molecule has 0 heterocycles. The van der Waals surface area contributed by atoms with Crippen molar-refractivity contribution in [3.63, 3.8) is 0 Å². The molecule has 0 aliphatic carbocycles. The lowest BCUT2D eigenvalue weighted by Gasteiger charge is -2.13. The first-order valence-electron chi connectivity index (χ1n) is 8.00. The molecule has 138 valence electrons. The molecular weight excluding hydrogens is 350 g/mol. The third kappa shape index (κ3) is 3.15. The van der Waals surface area contributed by atoms with Gasteiger partial charge in [0.25, 0.3) is 5.69 Å². The predicted molar refractivity (Wildman–Crippen MR) is 101 cm³/mol. The molecule has 3 rings (SSSR count). The molecule has 0 amide bonds. The highest BCUT2D eigenvalue weighted by Gasteiger charge is 2.21. The Balaban J connectivity index is 2.33. The van der Waals surface area contributed by atoms with Crippen LogP contribution in [0, 0.1) is 10.1 Å². The van der Waals surface area contributed by atoms with Gasteiger partial charge in [-0.15, -0.1) is 0 Å². The van der Waals surface area contributed by atoms with E-state index in [2.05, 4.69) is 0 Å². The van der Waals surface area contributed by atoms with E-state index in [9.17, 15) is 14.9 Å². The topological polar surface area (TPSA) is 87.9 Å². The van der Waals surface area contributed by atoms with E-state index < -0.39 is 4.92 Å². The van der Waals surface area contributed by atoms with Gasteiger partial charge in [-0.2, -0.15) is 0 Å². The molecule has 0 bridgehead atoms. The van der Waals surface area contributed by atoms with Crippen LogP contribution in [0.15, 0.2) is 42.5 Å². The number of nitro groups is 1. The average molecular weight is 367 g/mol. The number of hydrogen-bond donors (Lipinski definition) is 0. The van der Waals surface area contributed by atoms with Gasteiger partial charge in [-0.05, 0) is 40.6 Å². The maximum Gasteiger partial charge on any atom is 0.280 e. The van der Waals surface area contributed by atoms with Gasteiger partial charge in [0.05, 0.1) is 37.9 Å². The second kappa shape index (κ2) is 7.33. The van der Waals surface area contributed by atoms with Crippen molar-refractivity contribution in [2.75, 3.05) is 21.3 Å². The Hall–Kier alpha value is -3.61. The van der Waals surface area contributed by atoms with Crippen LogP contribution in [0.1, 0.15) is 10.4 Å². The first-order chi connectivity index (χ1) is 13.0. The minimum atomic E-state index is -0.495. The molecular formula is C20H17NO6. The molecule has 0 saturated heterocycles. The van der Waals surface area contributed by atoms with Gasteiger partial charge in [-0.1, -0.05) is 12.1 Å². The van der Waals surface area contributed by atoms with Crippen molar-refractivity contribution in [3.8, 4) is 28.4 Å². The Morgan fingerprint density at radius 1 is 0.889 bits per heavy atom. The number of benzene rings is 3. The number of nitrogens with zero attached hydrogens (tertiary/aromatic N) is 1. The highest BCUT2D eigenvalue weighted by Crippen LogP contribution is 2.40. The summed E-state index contributed by atoms with van der Waals surface area (Å²) in [5.74, 6) is 1.37. The van der Waals surface area contributed by atoms with Crippen LogP contribution < -0.4 is 14.2 Å². The van der Waals surface area contributed by atoms with Crippen molar-refractivity contribution >= 4 is 22.7 Å². The average Bonchev–Trinajstić information content (AvgIpc) is 2.71. The first-order valence-corrected chi connectivity index (χ1v) is 8.00. The smallest absolute Gasteiger partial charge is 0.280 e. The summed E-state index contributed by atoms with van der Waals surface area (Å²) >= 11 is 0. The third-order valence-electron chi connectivity index (χ3n) is 4.38. The van der Waals surface area contributed by atoms with E-state index >= 15 is 0 Å². The van der Waals surface area contributed by atoms with Gasteiger partial charge in [0, 0.05) is 5.56 Å². The van der Waals surface area contributed by atoms with E-state index in [-0.39, 0.29) is 5.69 Å². The van der Waals surface area contributed by atoms with Crippen molar-refractivity contribution < 1.29 is 23.9 Å². The van der Waals surface area contributed by atoms with Crippen molar-refractivity contribution in [2.45, 2.75) is 0 Å². The number of ether oxygens (including phenoxy) is 3. The van der Waals surface area contributed by atoms with Crippen LogP contribution in [-0.2, 0) is 0 Å². The van der Waals surface area contributed by atoms with Gasteiger partial charge in [-0.25, -0.2) is 0 Å². The highest BCUT2D eigenvalue weighted by atomic mass is 16.6. The van der Waals surface area contributed by atoms with E-state index in [0.29, 0.717) is 45.6 Å². The minimum Gasteiger partial charge on any atom is -0.497 e. The van der Waals surface area contributed by atoms with Crippen LogP contribution in [0.2, 0.25) is 0 Å². The van der Waals surface area contributed by atoms with Gasteiger partial charge < -0.3 is 14.2 Å². The van der Waals surface area contributed by atoms with E-state index in [1.165, 1.54) is 27.4 Å². The molecule has 7 heteroatoms. The molecule has 0 unspecified atom stereocenters. The maximum absolute atomic E-state index is 11.9. The Bertz CT molecular complexity index is 1040. The molecule has 0 spiro atoms. The predicted octanol–water partition coefficient (Wildman–Crippen LogP) is 4.25. The molecule has 0 aliphatic heterocycles. The van der Waals surface area contributed by atoms with Crippen molar-refractivity contribution in [2.24, 2.45) is 0 Å². The number of carbonyl (C=O) groups is 1. The first kappa shape index (κ1) is 18.2. The molecule has 0 atom stereocenters. The van der Waals surface area contributed by atoms with Crippen molar-refractivity contribution in [1.29, 1.82) is 0 Å². The van der Waals surface area contributed by atoms with Gasteiger partial charge >= 0.3 is 0 Å². The summed E-state index contributed by atoms with van der Waals surface area (Å²) in [6.07, 6.45) is 0.692. The van der Waals surface area contributed by atoms with Crippen LogP contribution in [0.4, 0.5) is 5.69 Å². The fraction of sp³-hybridized carbons (Fsp3) is 0.150. The molecule has 0 aromatic heterocycles. The number of nitro benzene ring substituents is 1. The Morgan fingerprint density at radius 2 is 1.56 bits per heavy atom. The molecule has 3 aromatic carbocycles. The van der Waals surface area contributed by atoms with E-state index in [1.807, 2.05) is 0 Å². The number of methoxy groups -OCH3 is 3. The zero-order valence-corrected chi connectivity index (χ0v) is 15.0. The fourth-order valence-corrected chi connectivity index (χ4v) is 3.05. The standard InChI is InChI=1S/C20H17NO6/c1-25-13-5-7-15(18(9-13)21(23)24)14-6-4-12-8-19(26-2)20(27-3)10-16(12)17(14)11-22/h4-11H,1-3H3. The van der Waals surface area contributed by atoms with E-state index in [0.717, 1.165) is 5.39 Å². The minimum absolute atomic E-state index is 0.141. The number of hydrogen-bond acceptors (Lipinski definition) is 6.